The summed E-state index contributed by atoms with van der Waals surface area (Å²) in [7, 11) is 8.23. The summed E-state index contributed by atoms with van der Waals surface area (Å²) < 4.78 is 0. The number of hydrogen-bond acceptors (Lipinski definition) is 3. The number of nitrogens with zero attached hydrogens (tertiary/aromatic N) is 2. The number of hydrogen-bond donors (Lipinski definition) is 0. The van der Waals surface area contributed by atoms with E-state index in [1.165, 1.54) is 22.5 Å². The van der Waals surface area contributed by atoms with Crippen LogP contribution in [-0.2, 0) is 10.2 Å². The highest BCUT2D eigenvalue weighted by atomic mass is 16.1. The van der Waals surface area contributed by atoms with Gasteiger partial charge in [0.2, 0.25) is 0 Å². The average molecular weight is 334 g/mol. The molecule has 0 aromatic heterocycles. The summed E-state index contributed by atoms with van der Waals surface area (Å²) in [4.78, 5) is 16.7. The SMILES string of the molecule is CN(C)c1ccc(C2(c3ccc(N(C)C)cc3)C3CCC2C3=O)cc1. The van der Waals surface area contributed by atoms with Gasteiger partial charge in [-0.3, -0.25) is 4.79 Å². The van der Waals surface area contributed by atoms with Gasteiger partial charge in [-0.25, -0.2) is 0 Å². The fraction of sp³-hybridized carbons (Fsp3) is 0.409. The third-order valence-corrected chi connectivity index (χ3v) is 6.25. The molecule has 2 atom stereocenters. The summed E-state index contributed by atoms with van der Waals surface area (Å²) in [5.41, 5.74) is 4.86. The molecule has 0 N–H and O–H groups in total. The molecule has 3 fully saturated rings. The van der Waals surface area contributed by atoms with E-state index in [9.17, 15) is 4.79 Å². The normalized spacial score (nSPS) is 23.3. The van der Waals surface area contributed by atoms with Crippen molar-refractivity contribution >= 4 is 17.2 Å². The molecule has 2 unspecified atom stereocenters. The summed E-state index contributed by atoms with van der Waals surface area (Å²) in [6, 6.07) is 17.6. The van der Waals surface area contributed by atoms with Crippen LogP contribution in [0.15, 0.2) is 48.5 Å². The maximum absolute atomic E-state index is 12.5. The van der Waals surface area contributed by atoms with Crippen LogP contribution in [0.3, 0.4) is 0 Å². The molecule has 5 rings (SSSR count). The number of benzene rings is 2. The standard InChI is InChI=1S/C22H26N2O/c1-23(2)17-9-5-15(6-10-17)22(19-13-14-20(22)21(19)25)16-7-11-18(12-8-16)24(3)4/h5-12,19-20H,13-14H2,1-4H3. The van der Waals surface area contributed by atoms with Crippen LogP contribution in [0.4, 0.5) is 11.4 Å². The van der Waals surface area contributed by atoms with Crippen molar-refractivity contribution in [1.82, 2.24) is 0 Å². The van der Waals surface area contributed by atoms with Crippen LogP contribution in [0, 0.1) is 11.8 Å². The van der Waals surface area contributed by atoms with E-state index in [1.807, 2.05) is 0 Å². The zero-order chi connectivity index (χ0) is 17.8. The molecule has 3 nitrogen and oxygen atoms in total. The predicted octanol–water partition coefficient (Wildman–Crippen LogP) is 3.71. The van der Waals surface area contributed by atoms with Crippen molar-refractivity contribution in [2.24, 2.45) is 11.8 Å². The molecule has 0 aliphatic heterocycles. The molecule has 3 saturated carbocycles. The Morgan fingerprint density at radius 2 is 1.08 bits per heavy atom. The molecule has 0 amide bonds. The van der Waals surface area contributed by atoms with Gasteiger partial charge in [-0.15, -0.1) is 0 Å². The number of rotatable bonds is 4. The highest BCUT2D eigenvalue weighted by Gasteiger charge is 2.67. The molecule has 3 aliphatic rings. The van der Waals surface area contributed by atoms with E-state index in [0.29, 0.717) is 5.78 Å². The van der Waals surface area contributed by atoms with E-state index in [1.54, 1.807) is 0 Å². The van der Waals surface area contributed by atoms with Crippen molar-refractivity contribution < 1.29 is 4.79 Å². The van der Waals surface area contributed by atoms with Crippen molar-refractivity contribution in [2.75, 3.05) is 38.0 Å². The topological polar surface area (TPSA) is 23.6 Å². The Kier molecular flexibility index (Phi) is 3.64. The Morgan fingerprint density at radius 1 is 0.720 bits per heavy atom. The Morgan fingerprint density at radius 3 is 1.36 bits per heavy atom. The van der Waals surface area contributed by atoms with Crippen molar-refractivity contribution in [2.45, 2.75) is 18.3 Å². The summed E-state index contributed by atoms with van der Waals surface area (Å²) >= 11 is 0. The second kappa shape index (κ2) is 5.62. The van der Waals surface area contributed by atoms with Gasteiger partial charge >= 0.3 is 0 Å². The van der Waals surface area contributed by atoms with Gasteiger partial charge in [-0.05, 0) is 48.2 Å². The first-order valence-electron chi connectivity index (χ1n) is 9.05. The van der Waals surface area contributed by atoms with E-state index in [-0.39, 0.29) is 17.3 Å². The summed E-state index contributed by atoms with van der Waals surface area (Å²) in [6.45, 7) is 0. The second-order valence-corrected chi connectivity index (χ2v) is 7.84. The van der Waals surface area contributed by atoms with Crippen LogP contribution in [0.1, 0.15) is 24.0 Å². The fourth-order valence-corrected chi connectivity index (χ4v) is 4.95. The van der Waals surface area contributed by atoms with E-state index in [2.05, 4.69) is 86.5 Å². The molecule has 2 aromatic rings. The minimum atomic E-state index is -0.118. The van der Waals surface area contributed by atoms with Gasteiger partial charge < -0.3 is 9.80 Å². The van der Waals surface area contributed by atoms with E-state index in [4.69, 9.17) is 0 Å². The van der Waals surface area contributed by atoms with Crippen LogP contribution in [-0.4, -0.2) is 34.0 Å². The molecule has 0 spiro atoms. The zero-order valence-electron chi connectivity index (χ0n) is 15.5. The number of ketones is 1. The van der Waals surface area contributed by atoms with Gasteiger partial charge in [0.1, 0.15) is 5.78 Å². The maximum Gasteiger partial charge on any atom is 0.141 e. The lowest BCUT2D eigenvalue weighted by atomic mass is 9.51. The van der Waals surface area contributed by atoms with Crippen LogP contribution in [0.25, 0.3) is 0 Å². The zero-order valence-corrected chi connectivity index (χ0v) is 15.5. The second-order valence-electron chi connectivity index (χ2n) is 7.84. The quantitative estimate of drug-likeness (QED) is 0.851. The van der Waals surface area contributed by atoms with Crippen molar-refractivity contribution in [3.63, 3.8) is 0 Å². The molecule has 2 bridgehead atoms. The molecule has 0 radical (unpaired) electrons. The van der Waals surface area contributed by atoms with Gasteiger partial charge in [-0.1, -0.05) is 24.3 Å². The molecule has 3 aliphatic carbocycles. The van der Waals surface area contributed by atoms with Crippen LogP contribution in [0.2, 0.25) is 0 Å². The van der Waals surface area contributed by atoms with E-state index < -0.39 is 0 Å². The lowest BCUT2D eigenvalue weighted by molar-refractivity contribution is -0.137. The van der Waals surface area contributed by atoms with E-state index >= 15 is 0 Å². The van der Waals surface area contributed by atoms with Crippen LogP contribution < -0.4 is 9.80 Å². The minimum absolute atomic E-state index is 0.118. The Labute approximate surface area is 150 Å². The smallest absolute Gasteiger partial charge is 0.141 e. The molecule has 130 valence electrons. The molecule has 0 saturated heterocycles. The van der Waals surface area contributed by atoms with Crippen LogP contribution in [0.5, 0.6) is 0 Å². The predicted molar refractivity (Wildman–Crippen MR) is 104 cm³/mol. The number of anilines is 2. The summed E-state index contributed by atoms with van der Waals surface area (Å²) in [6.07, 6.45) is 2.04. The highest BCUT2D eigenvalue weighted by molar-refractivity contribution is 5.98. The van der Waals surface area contributed by atoms with Gasteiger partial charge in [-0.2, -0.15) is 0 Å². The largest absolute Gasteiger partial charge is 0.378 e. The van der Waals surface area contributed by atoms with Gasteiger partial charge in [0, 0.05) is 56.8 Å². The summed E-state index contributed by atoms with van der Waals surface area (Å²) in [5, 5.41) is 0. The Balaban J connectivity index is 1.81. The first-order chi connectivity index (χ1) is 12.0. The number of carbonyl (C=O) groups excluding carboxylic acids is 1. The van der Waals surface area contributed by atoms with Crippen LogP contribution >= 0.6 is 0 Å². The van der Waals surface area contributed by atoms with Crippen molar-refractivity contribution in [1.29, 1.82) is 0 Å². The van der Waals surface area contributed by atoms with Gasteiger partial charge in [0.25, 0.3) is 0 Å². The Hall–Kier alpha value is -2.29. The Bertz CT molecular complexity index is 722. The number of fused-ring (bicyclic) bond motifs is 1. The molecule has 2 aromatic carbocycles. The number of carbonyl (C=O) groups is 1. The first kappa shape index (κ1) is 16.2. The molecular formula is C22H26N2O. The lowest BCUT2D eigenvalue weighted by Gasteiger charge is -2.49. The lowest BCUT2D eigenvalue weighted by Crippen LogP contribution is -2.55. The highest BCUT2D eigenvalue weighted by Crippen LogP contribution is 2.64. The maximum atomic E-state index is 12.5. The number of Topliss-reactive ketones (excluding diaryl/α,β-unsaturated/α-hetero) is 1. The monoisotopic (exact) mass is 334 g/mol. The fourth-order valence-electron chi connectivity index (χ4n) is 4.95. The molecule has 25 heavy (non-hydrogen) atoms. The minimum Gasteiger partial charge on any atom is -0.378 e. The molecule has 3 heteroatoms. The van der Waals surface area contributed by atoms with E-state index in [0.717, 1.165) is 12.8 Å². The molecular weight excluding hydrogens is 308 g/mol. The molecule has 0 heterocycles. The first-order valence-corrected chi connectivity index (χ1v) is 9.05. The van der Waals surface area contributed by atoms with Crippen molar-refractivity contribution in [3.05, 3.63) is 59.7 Å². The third kappa shape index (κ3) is 2.14. The van der Waals surface area contributed by atoms with Gasteiger partial charge in [0.05, 0.1) is 0 Å². The third-order valence-electron chi connectivity index (χ3n) is 6.25. The summed E-state index contributed by atoms with van der Waals surface area (Å²) in [5.74, 6) is 0.759. The van der Waals surface area contributed by atoms with Gasteiger partial charge in [0.15, 0.2) is 0 Å². The average Bonchev–Trinajstić information content (AvgIpc) is 3.21. The van der Waals surface area contributed by atoms with Crippen molar-refractivity contribution in [3.8, 4) is 0 Å².